The summed E-state index contributed by atoms with van der Waals surface area (Å²) in [4.78, 5) is 46.1. The van der Waals surface area contributed by atoms with Crippen molar-refractivity contribution in [1.29, 1.82) is 0 Å². The Kier molecular flexibility index (Phi) is 6.71. The standard InChI is InChI=1S/C24H30N8O3S/c1-30(2)9-4-10-31(3)23(34)19-8-7-18(36-19)16-12-20(26-15-5-6-15)32-21(27-16)14(13-25-32)11-17-22(33)29-24(35)28-17/h8,11-13,15,18,26H,4-7,9-10H2,1-3H3,(H2,28,29,33,35)/b17-11-. The molecule has 36 heavy (non-hydrogen) atoms. The predicted molar refractivity (Wildman–Crippen MR) is 138 cm³/mol. The summed E-state index contributed by atoms with van der Waals surface area (Å²) in [5.41, 5.74) is 2.19. The number of hydrogen-bond donors (Lipinski definition) is 3. The molecule has 12 heteroatoms. The molecule has 1 unspecified atom stereocenters. The second kappa shape index (κ2) is 9.94. The maximum absolute atomic E-state index is 13.0. The fraction of sp³-hybridized carbons (Fsp3) is 0.458. The fourth-order valence-corrected chi connectivity index (χ4v) is 5.33. The predicted octanol–water partition coefficient (Wildman–Crippen LogP) is 1.96. The quantitative estimate of drug-likeness (QED) is 0.346. The number of fused-ring (bicyclic) bond motifs is 1. The molecule has 3 N–H and O–H groups in total. The van der Waals surface area contributed by atoms with Gasteiger partial charge in [0, 0.05) is 31.3 Å². The topological polar surface area (TPSA) is 124 Å². The van der Waals surface area contributed by atoms with Crippen LogP contribution in [0.5, 0.6) is 0 Å². The Balaban J connectivity index is 1.38. The minimum absolute atomic E-state index is 0.00577. The first-order chi connectivity index (χ1) is 17.3. The third-order valence-electron chi connectivity index (χ3n) is 6.24. The van der Waals surface area contributed by atoms with E-state index in [0.717, 1.165) is 42.2 Å². The lowest BCUT2D eigenvalue weighted by atomic mass is 10.2. The van der Waals surface area contributed by atoms with E-state index in [1.165, 1.54) is 11.8 Å². The summed E-state index contributed by atoms with van der Waals surface area (Å²) in [5, 5.41) is 12.7. The number of thioether (sulfide) groups is 1. The second-order valence-electron chi connectivity index (χ2n) is 9.58. The van der Waals surface area contributed by atoms with Gasteiger partial charge in [-0.15, -0.1) is 11.8 Å². The summed E-state index contributed by atoms with van der Waals surface area (Å²) in [6.07, 6.45) is 9.03. The molecule has 5 rings (SSSR count). The number of nitrogens with zero attached hydrogens (tertiary/aromatic N) is 5. The largest absolute Gasteiger partial charge is 0.367 e. The molecule has 11 nitrogen and oxygen atoms in total. The Morgan fingerprint density at radius 2 is 2.06 bits per heavy atom. The van der Waals surface area contributed by atoms with Crippen molar-refractivity contribution in [3.8, 4) is 0 Å². The molecule has 1 saturated carbocycles. The molecule has 190 valence electrons. The zero-order valence-corrected chi connectivity index (χ0v) is 21.4. The number of aromatic nitrogens is 3. The van der Waals surface area contributed by atoms with Gasteiger partial charge in [-0.25, -0.2) is 9.78 Å². The molecular formula is C24H30N8O3S. The van der Waals surface area contributed by atoms with Crippen molar-refractivity contribution >= 4 is 47.1 Å². The highest BCUT2D eigenvalue weighted by atomic mass is 32.2. The maximum Gasteiger partial charge on any atom is 0.326 e. The van der Waals surface area contributed by atoms with Crippen molar-refractivity contribution in [2.75, 3.05) is 39.5 Å². The van der Waals surface area contributed by atoms with Gasteiger partial charge in [0.15, 0.2) is 5.65 Å². The van der Waals surface area contributed by atoms with Gasteiger partial charge in [0.25, 0.3) is 11.8 Å². The number of carbonyl (C=O) groups is 3. The average molecular weight is 511 g/mol. The first-order valence-corrected chi connectivity index (χ1v) is 12.9. The Morgan fingerprint density at radius 1 is 1.25 bits per heavy atom. The molecule has 2 fully saturated rings. The second-order valence-corrected chi connectivity index (χ2v) is 10.8. The first-order valence-electron chi connectivity index (χ1n) is 12.0. The molecule has 3 aliphatic rings. The summed E-state index contributed by atoms with van der Waals surface area (Å²) in [6.45, 7) is 1.64. The minimum atomic E-state index is -0.551. The number of allylic oxidation sites excluding steroid dienone is 1. The van der Waals surface area contributed by atoms with Crippen LogP contribution in [0.25, 0.3) is 11.7 Å². The molecule has 1 saturated heterocycles. The summed E-state index contributed by atoms with van der Waals surface area (Å²) in [6, 6.07) is 1.85. The Labute approximate surface area is 213 Å². The lowest BCUT2D eigenvalue weighted by Gasteiger charge is -2.19. The van der Waals surface area contributed by atoms with Crippen molar-refractivity contribution in [3.63, 3.8) is 0 Å². The van der Waals surface area contributed by atoms with Gasteiger partial charge in [-0.1, -0.05) is 6.08 Å². The Hall–Kier alpha value is -3.38. The van der Waals surface area contributed by atoms with Crippen LogP contribution < -0.4 is 16.0 Å². The van der Waals surface area contributed by atoms with Crippen molar-refractivity contribution in [1.82, 2.24) is 35.0 Å². The molecule has 0 spiro atoms. The number of imide groups is 1. The normalized spacial score (nSPS) is 20.7. The van der Waals surface area contributed by atoms with E-state index in [-0.39, 0.29) is 16.9 Å². The molecule has 0 aromatic carbocycles. The van der Waals surface area contributed by atoms with Crippen molar-refractivity contribution in [3.05, 3.63) is 40.2 Å². The summed E-state index contributed by atoms with van der Waals surface area (Å²) < 4.78 is 1.72. The zero-order valence-electron chi connectivity index (χ0n) is 20.6. The fourth-order valence-electron chi connectivity index (χ4n) is 4.14. The third kappa shape index (κ3) is 5.24. The van der Waals surface area contributed by atoms with Crippen molar-refractivity contribution in [2.24, 2.45) is 0 Å². The number of hydrogen-bond acceptors (Lipinski definition) is 8. The average Bonchev–Trinajstić information content (AvgIpc) is 3.22. The number of nitrogens with one attached hydrogen (secondary N) is 3. The van der Waals surface area contributed by atoms with E-state index in [9.17, 15) is 14.4 Å². The molecule has 2 aromatic heterocycles. The van der Waals surface area contributed by atoms with Crippen molar-refractivity contribution in [2.45, 2.75) is 37.0 Å². The minimum Gasteiger partial charge on any atom is -0.367 e. The van der Waals surface area contributed by atoms with Gasteiger partial charge < -0.3 is 20.4 Å². The number of carbonyl (C=O) groups excluding carboxylic acids is 3. The van der Waals surface area contributed by atoms with E-state index in [0.29, 0.717) is 30.2 Å². The van der Waals surface area contributed by atoms with E-state index in [1.54, 1.807) is 21.7 Å². The highest BCUT2D eigenvalue weighted by molar-refractivity contribution is 8.04. The van der Waals surface area contributed by atoms with Gasteiger partial charge in [0.05, 0.1) is 22.0 Å². The van der Waals surface area contributed by atoms with Crippen LogP contribution >= 0.6 is 11.8 Å². The highest BCUT2D eigenvalue weighted by Crippen LogP contribution is 2.44. The number of likely N-dealkylation sites (N-methyl/N-ethyl adjacent to an activating group) is 1. The van der Waals surface area contributed by atoms with Crippen LogP contribution in [0.15, 0.2) is 28.9 Å². The van der Waals surface area contributed by atoms with E-state index in [2.05, 4.69) is 25.9 Å². The number of rotatable bonds is 9. The number of amides is 4. The Bertz CT molecular complexity index is 1280. The van der Waals surface area contributed by atoms with Gasteiger partial charge in [-0.05, 0) is 52.4 Å². The molecule has 1 atom stereocenters. The molecule has 0 radical (unpaired) electrons. The van der Waals surface area contributed by atoms with Gasteiger partial charge in [-0.3, -0.25) is 14.9 Å². The number of urea groups is 1. The van der Waals surface area contributed by atoms with E-state index < -0.39 is 11.9 Å². The summed E-state index contributed by atoms with van der Waals surface area (Å²) in [5.74, 6) is 0.375. The van der Waals surface area contributed by atoms with E-state index in [1.807, 2.05) is 33.3 Å². The van der Waals surface area contributed by atoms with Crippen LogP contribution in [0.2, 0.25) is 0 Å². The van der Waals surface area contributed by atoms with Crippen LogP contribution in [-0.2, 0) is 9.59 Å². The maximum atomic E-state index is 13.0. The lowest BCUT2D eigenvalue weighted by Crippen LogP contribution is -2.30. The lowest BCUT2D eigenvalue weighted by molar-refractivity contribution is -0.125. The molecule has 0 bridgehead atoms. The van der Waals surface area contributed by atoms with Crippen LogP contribution in [0, 0.1) is 0 Å². The van der Waals surface area contributed by atoms with Crippen LogP contribution in [0.3, 0.4) is 0 Å². The first kappa shape index (κ1) is 24.3. The molecule has 2 aromatic rings. The molecule has 4 heterocycles. The smallest absolute Gasteiger partial charge is 0.326 e. The van der Waals surface area contributed by atoms with Gasteiger partial charge in [0.2, 0.25) is 0 Å². The highest BCUT2D eigenvalue weighted by Gasteiger charge is 2.30. The van der Waals surface area contributed by atoms with Gasteiger partial charge in [0.1, 0.15) is 11.5 Å². The molecule has 2 aliphatic heterocycles. The van der Waals surface area contributed by atoms with E-state index in [4.69, 9.17) is 4.98 Å². The summed E-state index contributed by atoms with van der Waals surface area (Å²) >= 11 is 1.54. The van der Waals surface area contributed by atoms with Gasteiger partial charge in [-0.2, -0.15) is 9.61 Å². The van der Waals surface area contributed by atoms with Crippen LogP contribution in [0.1, 0.15) is 42.2 Å². The van der Waals surface area contributed by atoms with Crippen LogP contribution in [0.4, 0.5) is 10.6 Å². The summed E-state index contributed by atoms with van der Waals surface area (Å²) in [7, 11) is 5.90. The van der Waals surface area contributed by atoms with E-state index >= 15 is 0 Å². The SMILES string of the molecule is CN(C)CCCN(C)C(=O)C1=CCC(c2cc(NC3CC3)n3ncc(/C=C4\NC(=O)NC4=O)c3n2)S1. The molecule has 4 amide bonds. The molecule has 1 aliphatic carbocycles. The number of anilines is 1. The third-order valence-corrected chi connectivity index (χ3v) is 7.55. The van der Waals surface area contributed by atoms with Crippen LogP contribution in [-0.4, -0.2) is 82.5 Å². The van der Waals surface area contributed by atoms with Gasteiger partial charge >= 0.3 is 6.03 Å². The molecular weight excluding hydrogens is 480 g/mol. The Morgan fingerprint density at radius 3 is 2.75 bits per heavy atom. The zero-order chi connectivity index (χ0) is 25.4. The monoisotopic (exact) mass is 510 g/mol. The van der Waals surface area contributed by atoms with Crippen molar-refractivity contribution < 1.29 is 14.4 Å².